The first kappa shape index (κ1) is 13.6. The molecule has 0 unspecified atom stereocenters. The predicted molar refractivity (Wildman–Crippen MR) is 91.7 cm³/mol. The molecule has 2 heterocycles. The van der Waals surface area contributed by atoms with Gasteiger partial charge in [-0.1, -0.05) is 18.2 Å². The number of ether oxygens (including phenoxy) is 1. The zero-order valence-electron chi connectivity index (χ0n) is 13.2. The predicted octanol–water partition coefficient (Wildman–Crippen LogP) is 3.08. The summed E-state index contributed by atoms with van der Waals surface area (Å²) in [5.74, 6) is 0.928. The summed E-state index contributed by atoms with van der Waals surface area (Å²) in [5.41, 5.74) is 4.43. The van der Waals surface area contributed by atoms with Gasteiger partial charge in [0.1, 0.15) is 24.5 Å². The van der Waals surface area contributed by atoms with Gasteiger partial charge in [0, 0.05) is 17.7 Å². The van der Waals surface area contributed by atoms with Crippen molar-refractivity contribution >= 4 is 11.4 Å². The smallest absolute Gasteiger partial charge is 0.136 e. The molecule has 0 bridgehead atoms. The highest BCUT2D eigenvalue weighted by molar-refractivity contribution is 5.57. The van der Waals surface area contributed by atoms with Crippen LogP contribution < -0.4 is 14.1 Å². The van der Waals surface area contributed by atoms with Gasteiger partial charge in [0.25, 0.3) is 0 Å². The monoisotopic (exact) mass is 295 g/mol. The minimum Gasteiger partial charge on any atom is -0.497 e. The number of nitrogens with zero attached hydrogens (tertiary/aromatic N) is 2. The number of hydrogen-bond acceptors (Lipinski definition) is 2. The van der Waals surface area contributed by atoms with Gasteiger partial charge >= 0.3 is 0 Å². The molecule has 4 rings (SSSR count). The van der Waals surface area contributed by atoms with Crippen LogP contribution >= 0.6 is 0 Å². The van der Waals surface area contributed by atoms with Crippen molar-refractivity contribution < 1.29 is 4.74 Å². The highest BCUT2D eigenvalue weighted by Crippen LogP contribution is 2.36. The van der Waals surface area contributed by atoms with Gasteiger partial charge < -0.3 is 9.64 Å². The van der Waals surface area contributed by atoms with Crippen molar-refractivity contribution in [3.8, 4) is 5.75 Å². The summed E-state index contributed by atoms with van der Waals surface area (Å²) >= 11 is 0. The van der Waals surface area contributed by atoms with E-state index in [0.29, 0.717) is 0 Å². The summed E-state index contributed by atoms with van der Waals surface area (Å²) in [7, 11) is 1.72. The number of para-hydroxylation sites is 1. The van der Waals surface area contributed by atoms with E-state index in [1.165, 1.54) is 36.2 Å². The van der Waals surface area contributed by atoms with Crippen molar-refractivity contribution in [1.82, 2.24) is 4.48 Å². The molecule has 1 fully saturated rings. The van der Waals surface area contributed by atoms with Gasteiger partial charge in [-0.25, -0.2) is 0 Å². The molecular formula is C19H23N2O+. The molecule has 1 spiro atoms. The first-order valence-electron chi connectivity index (χ1n) is 8.14. The minimum absolute atomic E-state index is 0.928. The molecule has 0 aliphatic carbocycles. The Hall–Kier alpha value is -2.00. The molecule has 1 saturated heterocycles. The second-order valence-corrected chi connectivity index (χ2v) is 6.38. The Morgan fingerprint density at radius 1 is 0.909 bits per heavy atom. The van der Waals surface area contributed by atoms with Crippen LogP contribution in [0, 0.1) is 0 Å². The van der Waals surface area contributed by atoms with E-state index in [-0.39, 0.29) is 0 Å². The molecule has 2 aliphatic heterocycles. The third kappa shape index (κ3) is 2.17. The van der Waals surface area contributed by atoms with Crippen LogP contribution in [-0.2, 0) is 6.42 Å². The molecule has 2 aliphatic rings. The van der Waals surface area contributed by atoms with Crippen molar-refractivity contribution in [2.75, 3.05) is 44.7 Å². The third-order valence-electron chi connectivity index (χ3n) is 5.35. The Labute approximate surface area is 132 Å². The largest absolute Gasteiger partial charge is 0.497 e. The van der Waals surface area contributed by atoms with Gasteiger partial charge in [-0.15, -0.1) is 0 Å². The molecule has 2 aromatic carbocycles. The van der Waals surface area contributed by atoms with Crippen LogP contribution in [0.2, 0.25) is 0 Å². The molecule has 0 amide bonds. The van der Waals surface area contributed by atoms with E-state index in [2.05, 4.69) is 53.4 Å². The highest BCUT2D eigenvalue weighted by Gasteiger charge is 2.40. The van der Waals surface area contributed by atoms with Gasteiger partial charge in [0.05, 0.1) is 26.7 Å². The van der Waals surface area contributed by atoms with Crippen LogP contribution in [0.5, 0.6) is 5.75 Å². The topological polar surface area (TPSA) is 12.5 Å². The zero-order valence-corrected chi connectivity index (χ0v) is 13.2. The number of fused-ring (bicyclic) bond motifs is 2. The molecule has 3 nitrogen and oxygen atoms in total. The normalized spacial score (nSPS) is 19.2. The standard InChI is InChI=1S/C19H23N2O/c1-22-18-8-6-17(7-9-18)20-11-14-21(15-12-20)13-10-16-4-2-3-5-19(16)21/h2-9H,10-15H2,1H3/q+1. The number of hydrogen-bond donors (Lipinski definition) is 0. The number of benzene rings is 2. The number of quaternary nitrogens is 1. The summed E-state index contributed by atoms with van der Waals surface area (Å²) in [6.45, 7) is 5.95. The summed E-state index contributed by atoms with van der Waals surface area (Å²) in [5, 5.41) is 0. The lowest BCUT2D eigenvalue weighted by atomic mass is 10.1. The average Bonchev–Trinajstić information content (AvgIpc) is 2.95. The van der Waals surface area contributed by atoms with Crippen molar-refractivity contribution in [3.63, 3.8) is 0 Å². The molecular weight excluding hydrogens is 272 g/mol. The summed E-state index contributed by atoms with van der Waals surface area (Å²) in [6.07, 6.45) is 1.23. The molecule has 0 atom stereocenters. The second-order valence-electron chi connectivity index (χ2n) is 6.38. The van der Waals surface area contributed by atoms with E-state index in [9.17, 15) is 0 Å². The number of piperazine rings is 1. The van der Waals surface area contributed by atoms with Crippen LogP contribution in [0.4, 0.5) is 11.4 Å². The Morgan fingerprint density at radius 3 is 2.36 bits per heavy atom. The summed E-state index contributed by atoms with van der Waals surface area (Å²) in [4.78, 5) is 2.50. The Kier molecular flexibility index (Phi) is 3.30. The molecule has 0 N–H and O–H groups in total. The van der Waals surface area contributed by atoms with E-state index in [4.69, 9.17) is 4.74 Å². The van der Waals surface area contributed by atoms with Crippen molar-refractivity contribution in [2.45, 2.75) is 6.42 Å². The molecule has 114 valence electrons. The zero-order chi connectivity index (χ0) is 15.0. The van der Waals surface area contributed by atoms with E-state index in [1.807, 2.05) is 0 Å². The molecule has 0 saturated carbocycles. The van der Waals surface area contributed by atoms with Gasteiger partial charge in [-0.05, 0) is 30.3 Å². The van der Waals surface area contributed by atoms with Crippen LogP contribution in [-0.4, -0.2) is 39.8 Å². The van der Waals surface area contributed by atoms with Crippen LogP contribution in [0.15, 0.2) is 48.5 Å². The van der Waals surface area contributed by atoms with Gasteiger partial charge in [0.2, 0.25) is 0 Å². The maximum atomic E-state index is 5.25. The Morgan fingerprint density at radius 2 is 1.64 bits per heavy atom. The van der Waals surface area contributed by atoms with E-state index in [0.717, 1.165) is 18.8 Å². The number of methoxy groups -OCH3 is 1. The van der Waals surface area contributed by atoms with Crippen molar-refractivity contribution in [3.05, 3.63) is 54.1 Å². The van der Waals surface area contributed by atoms with E-state index < -0.39 is 0 Å². The number of rotatable bonds is 2. The SMILES string of the molecule is COc1ccc(N2CC[N+]3(CCc4ccccc43)CC2)cc1. The van der Waals surface area contributed by atoms with Gasteiger partial charge in [-0.2, -0.15) is 0 Å². The summed E-state index contributed by atoms with van der Waals surface area (Å²) in [6, 6.07) is 17.5. The Balaban J connectivity index is 1.51. The first-order chi connectivity index (χ1) is 10.8. The fraction of sp³-hybridized carbons (Fsp3) is 0.368. The minimum atomic E-state index is 0.928. The van der Waals surface area contributed by atoms with E-state index in [1.54, 1.807) is 18.4 Å². The lowest BCUT2D eigenvalue weighted by Crippen LogP contribution is -2.60. The van der Waals surface area contributed by atoms with Crippen LogP contribution in [0.25, 0.3) is 0 Å². The van der Waals surface area contributed by atoms with Gasteiger partial charge in [0.15, 0.2) is 0 Å². The maximum absolute atomic E-state index is 5.25. The highest BCUT2D eigenvalue weighted by atomic mass is 16.5. The lowest BCUT2D eigenvalue weighted by Gasteiger charge is -2.43. The molecule has 2 aromatic rings. The molecule has 22 heavy (non-hydrogen) atoms. The van der Waals surface area contributed by atoms with E-state index >= 15 is 0 Å². The van der Waals surface area contributed by atoms with Crippen LogP contribution in [0.3, 0.4) is 0 Å². The quantitative estimate of drug-likeness (QED) is 0.790. The molecule has 3 heteroatoms. The maximum Gasteiger partial charge on any atom is 0.136 e. The van der Waals surface area contributed by atoms with Crippen molar-refractivity contribution in [1.29, 1.82) is 0 Å². The first-order valence-corrected chi connectivity index (χ1v) is 8.14. The average molecular weight is 295 g/mol. The second kappa shape index (κ2) is 5.33. The van der Waals surface area contributed by atoms with Crippen molar-refractivity contribution in [2.24, 2.45) is 0 Å². The van der Waals surface area contributed by atoms with Crippen LogP contribution in [0.1, 0.15) is 5.56 Å². The lowest BCUT2D eigenvalue weighted by molar-refractivity contribution is 0.277. The Bertz CT molecular complexity index is 657. The number of anilines is 1. The molecule has 0 radical (unpaired) electrons. The molecule has 0 aromatic heterocycles. The fourth-order valence-corrected chi connectivity index (χ4v) is 4.00. The fourth-order valence-electron chi connectivity index (χ4n) is 4.00. The van der Waals surface area contributed by atoms with Gasteiger partial charge in [-0.3, -0.25) is 4.48 Å². The third-order valence-corrected chi connectivity index (χ3v) is 5.35. The summed E-state index contributed by atoms with van der Waals surface area (Å²) < 4.78 is 6.43.